The van der Waals surface area contributed by atoms with Gasteiger partial charge < -0.3 is 25.5 Å². The number of hydrogen-bond donors (Lipinski definition) is 2. The number of nitrogens with zero attached hydrogens (tertiary/aromatic N) is 5. The number of anilines is 2. The number of nitrogens with two attached hydrogens (primary N) is 1. The molecular weight excluding hydrogens is 506 g/mol. The second-order valence-corrected chi connectivity index (χ2v) is 9.81. The van der Waals surface area contributed by atoms with Crippen LogP contribution in [0.2, 0.25) is 0 Å². The van der Waals surface area contributed by atoms with Gasteiger partial charge in [-0.05, 0) is 58.0 Å². The second kappa shape index (κ2) is 13.8. The molecule has 0 radical (unpaired) electrons. The zero-order valence-corrected chi connectivity index (χ0v) is 23.3. The third-order valence-corrected chi connectivity index (χ3v) is 7.08. The van der Waals surface area contributed by atoms with E-state index in [0.717, 1.165) is 48.3 Å². The van der Waals surface area contributed by atoms with Gasteiger partial charge in [0.05, 0.1) is 6.61 Å². The smallest absolute Gasteiger partial charge is 0.256 e. The molecule has 0 bridgehead atoms. The molecule has 4 heterocycles. The highest BCUT2D eigenvalue weighted by atomic mass is 16.5. The molecule has 0 spiro atoms. The molecule has 3 N–H and O–H groups in total. The lowest BCUT2D eigenvalue weighted by molar-refractivity contribution is -0.108. The molecule has 1 aliphatic rings. The average Bonchev–Trinajstić information content (AvgIpc) is 3.37. The van der Waals surface area contributed by atoms with Gasteiger partial charge in [0.1, 0.15) is 35.0 Å². The van der Waals surface area contributed by atoms with Crippen molar-refractivity contribution in [2.45, 2.75) is 45.1 Å². The summed E-state index contributed by atoms with van der Waals surface area (Å²) in [4.78, 5) is 38.1. The van der Waals surface area contributed by atoms with E-state index in [4.69, 9.17) is 15.5 Å². The van der Waals surface area contributed by atoms with Crippen LogP contribution >= 0.6 is 0 Å². The average molecular weight is 544 g/mol. The van der Waals surface area contributed by atoms with Gasteiger partial charge in [0, 0.05) is 61.2 Å². The first-order chi connectivity index (χ1) is 19.4. The van der Waals surface area contributed by atoms with Crippen molar-refractivity contribution in [1.82, 2.24) is 24.3 Å². The van der Waals surface area contributed by atoms with E-state index in [9.17, 15) is 9.59 Å². The highest BCUT2D eigenvalue weighted by Crippen LogP contribution is 2.34. The van der Waals surface area contributed by atoms with Crippen LogP contribution in [0.4, 0.5) is 11.6 Å². The molecule has 2 atom stereocenters. The molecule has 10 nitrogen and oxygen atoms in total. The van der Waals surface area contributed by atoms with E-state index in [1.165, 1.54) is 0 Å². The molecule has 1 fully saturated rings. The summed E-state index contributed by atoms with van der Waals surface area (Å²) in [6, 6.07) is 13.4. The standard InChI is InChI=1S/C25H27N7O.C5H10O2/c1-16-6-7-19(15-31(16)2)24-30-21(22-23(26)28-13-14-32(22)24)17-8-10-18(11-9-17)25(33)29-20-5-3-4-12-27-20;1-2-7-5-3-4-6/h3-5,8-14,16,19H,6-7,15H2,1-2H3,(H2,26,28)(H,27,29,33);4H,2-3,5H2,1H3. The number of ether oxygens (including phenoxy) is 1. The van der Waals surface area contributed by atoms with Gasteiger partial charge in [0.2, 0.25) is 0 Å². The zero-order chi connectivity index (χ0) is 28.5. The normalized spacial score (nSPS) is 17.2. The van der Waals surface area contributed by atoms with Crippen molar-refractivity contribution in [2.24, 2.45) is 0 Å². The lowest BCUT2D eigenvalue weighted by atomic mass is 9.93. The number of aromatic nitrogens is 4. The van der Waals surface area contributed by atoms with Gasteiger partial charge in [-0.3, -0.25) is 9.20 Å². The molecule has 0 aliphatic carbocycles. The summed E-state index contributed by atoms with van der Waals surface area (Å²) < 4.78 is 6.92. The number of aldehydes is 1. The molecule has 10 heteroatoms. The van der Waals surface area contributed by atoms with Gasteiger partial charge in [-0.25, -0.2) is 15.0 Å². The van der Waals surface area contributed by atoms with E-state index in [1.54, 1.807) is 36.7 Å². The Balaban J connectivity index is 0.000000470. The summed E-state index contributed by atoms with van der Waals surface area (Å²) >= 11 is 0. The highest BCUT2D eigenvalue weighted by Gasteiger charge is 2.28. The number of amides is 1. The van der Waals surface area contributed by atoms with E-state index < -0.39 is 0 Å². The number of carbonyl (C=O) groups is 2. The van der Waals surface area contributed by atoms with Crippen LogP contribution in [0.1, 0.15) is 55.2 Å². The molecule has 40 heavy (non-hydrogen) atoms. The van der Waals surface area contributed by atoms with Crippen LogP contribution in [0, 0.1) is 0 Å². The van der Waals surface area contributed by atoms with Crippen molar-refractivity contribution in [3.63, 3.8) is 0 Å². The summed E-state index contributed by atoms with van der Waals surface area (Å²) in [7, 11) is 2.16. The number of nitrogens with one attached hydrogen (secondary N) is 1. The molecule has 2 unspecified atom stereocenters. The summed E-state index contributed by atoms with van der Waals surface area (Å²) in [6.07, 6.45) is 8.89. The first-order valence-electron chi connectivity index (χ1n) is 13.6. The third-order valence-electron chi connectivity index (χ3n) is 7.08. The topological polar surface area (TPSA) is 128 Å². The molecule has 4 aromatic rings. The van der Waals surface area contributed by atoms with Crippen LogP contribution in [0.5, 0.6) is 0 Å². The van der Waals surface area contributed by atoms with Crippen molar-refractivity contribution < 1.29 is 14.3 Å². The van der Waals surface area contributed by atoms with Crippen molar-refractivity contribution in [2.75, 3.05) is 37.9 Å². The number of imidazole rings is 1. The van der Waals surface area contributed by atoms with Gasteiger partial charge >= 0.3 is 0 Å². The minimum Gasteiger partial charge on any atom is -0.382 e. The summed E-state index contributed by atoms with van der Waals surface area (Å²) in [6.45, 7) is 6.39. The number of benzene rings is 1. The first kappa shape index (κ1) is 28.8. The number of likely N-dealkylation sites (N-methyl/N-ethyl adjacent to an activating group) is 1. The maximum Gasteiger partial charge on any atom is 0.256 e. The summed E-state index contributed by atoms with van der Waals surface area (Å²) in [5, 5.41) is 2.81. The Morgan fingerprint density at radius 2 is 1.95 bits per heavy atom. The van der Waals surface area contributed by atoms with Crippen molar-refractivity contribution in [3.05, 3.63) is 72.4 Å². The second-order valence-electron chi connectivity index (χ2n) is 9.81. The number of pyridine rings is 1. The van der Waals surface area contributed by atoms with E-state index in [-0.39, 0.29) is 5.91 Å². The number of hydrogen-bond acceptors (Lipinski definition) is 8. The molecule has 0 saturated carbocycles. The Bertz CT molecular complexity index is 1410. The minimum absolute atomic E-state index is 0.212. The fraction of sp³-hybridized carbons (Fsp3) is 0.367. The van der Waals surface area contributed by atoms with Gasteiger partial charge in [-0.15, -0.1) is 0 Å². The molecule has 1 aliphatic heterocycles. The quantitative estimate of drug-likeness (QED) is 0.247. The maximum atomic E-state index is 12.6. The number of nitrogen functional groups attached to an aromatic ring is 1. The number of carbonyl (C=O) groups excluding carboxylic acids is 2. The van der Waals surface area contributed by atoms with Crippen molar-refractivity contribution in [3.8, 4) is 11.3 Å². The maximum absolute atomic E-state index is 12.6. The Hall–Kier alpha value is -4.15. The predicted octanol–water partition coefficient (Wildman–Crippen LogP) is 4.44. The Morgan fingerprint density at radius 3 is 2.62 bits per heavy atom. The Kier molecular flexibility index (Phi) is 9.93. The van der Waals surface area contributed by atoms with E-state index in [0.29, 0.717) is 48.8 Å². The van der Waals surface area contributed by atoms with Gasteiger partial charge in [-0.2, -0.15) is 0 Å². The fourth-order valence-corrected chi connectivity index (χ4v) is 4.75. The minimum atomic E-state index is -0.212. The number of fused-ring (bicyclic) bond motifs is 1. The lowest BCUT2D eigenvalue weighted by Gasteiger charge is -2.34. The first-order valence-corrected chi connectivity index (χ1v) is 13.6. The molecule has 5 rings (SSSR count). The van der Waals surface area contributed by atoms with Crippen LogP contribution < -0.4 is 11.1 Å². The summed E-state index contributed by atoms with van der Waals surface area (Å²) in [5.41, 5.74) is 9.33. The van der Waals surface area contributed by atoms with Gasteiger partial charge in [0.25, 0.3) is 5.91 Å². The van der Waals surface area contributed by atoms with Crippen LogP contribution in [0.3, 0.4) is 0 Å². The van der Waals surface area contributed by atoms with Crippen LogP contribution in [-0.4, -0.2) is 69.3 Å². The lowest BCUT2D eigenvalue weighted by Crippen LogP contribution is -2.38. The van der Waals surface area contributed by atoms with Crippen LogP contribution in [0.25, 0.3) is 16.8 Å². The molecule has 3 aromatic heterocycles. The number of rotatable bonds is 8. The molecule has 210 valence electrons. The SMILES string of the molecule is CC1CCC(c2nc(-c3ccc(C(=O)Nc4ccccn4)cc3)c3c(N)nccn23)CN1C.CCOCCC=O. The Morgan fingerprint density at radius 1 is 1.15 bits per heavy atom. The molecule has 1 aromatic carbocycles. The third kappa shape index (κ3) is 6.88. The molecule has 1 amide bonds. The van der Waals surface area contributed by atoms with Crippen LogP contribution in [0.15, 0.2) is 61.1 Å². The largest absolute Gasteiger partial charge is 0.382 e. The number of piperidine rings is 1. The zero-order valence-electron chi connectivity index (χ0n) is 23.3. The highest BCUT2D eigenvalue weighted by molar-refractivity contribution is 6.04. The summed E-state index contributed by atoms with van der Waals surface area (Å²) in [5.74, 6) is 2.07. The fourth-order valence-electron chi connectivity index (χ4n) is 4.75. The van der Waals surface area contributed by atoms with E-state index in [2.05, 4.69) is 38.6 Å². The van der Waals surface area contributed by atoms with Gasteiger partial charge in [0.15, 0.2) is 0 Å². The van der Waals surface area contributed by atoms with E-state index in [1.807, 2.05) is 31.3 Å². The van der Waals surface area contributed by atoms with Gasteiger partial charge in [-0.1, -0.05) is 18.2 Å². The van der Waals surface area contributed by atoms with E-state index >= 15 is 0 Å². The predicted molar refractivity (Wildman–Crippen MR) is 156 cm³/mol. The molecular formula is C30H37N7O3. The van der Waals surface area contributed by atoms with Crippen LogP contribution in [-0.2, 0) is 9.53 Å². The Labute approximate surface area is 234 Å². The van der Waals surface area contributed by atoms with Crippen molar-refractivity contribution in [1.29, 1.82) is 0 Å². The van der Waals surface area contributed by atoms with Crippen molar-refractivity contribution >= 4 is 29.3 Å². The molecule has 1 saturated heterocycles. The number of likely N-dealkylation sites (tertiary alicyclic amines) is 1. The monoisotopic (exact) mass is 543 g/mol.